The number of nitrogens with one attached hydrogen (secondary N) is 1. The lowest BCUT2D eigenvalue weighted by Gasteiger charge is -2.22. The molecule has 7 nitrogen and oxygen atoms in total. The van der Waals surface area contributed by atoms with Crippen LogP contribution in [0.15, 0.2) is 65.7 Å². The molecule has 3 amide bonds. The van der Waals surface area contributed by atoms with Crippen LogP contribution in [0.4, 0.5) is 28.0 Å². The first-order valence-corrected chi connectivity index (χ1v) is 14.8. The lowest BCUT2D eigenvalue weighted by Crippen LogP contribution is -2.32. The molecule has 0 aliphatic carbocycles. The Kier molecular flexibility index (Phi) is 10.5. The minimum absolute atomic E-state index is 0.0550. The molecular weight excluding hydrogens is 598 g/mol. The average molecular weight is 630 g/mol. The average Bonchev–Trinajstić information content (AvgIpc) is 3.30. The zero-order valence-corrected chi connectivity index (χ0v) is 25.2. The van der Waals surface area contributed by atoms with Crippen LogP contribution in [0.3, 0.4) is 0 Å². The topological polar surface area (TPSA) is 88.1 Å². The molecule has 1 aliphatic rings. The van der Waals surface area contributed by atoms with Crippen LogP contribution in [-0.2, 0) is 28.9 Å². The summed E-state index contributed by atoms with van der Waals surface area (Å²) in [5.74, 6) is -0.968. The standard InChI is InChI=1S/C32H31F4N3O4S/c1-19(2)26-17-27(33)20(3)14-28(26)39-29(41)18-44-31(39)38-30(42)37-13-12-21-4-6-22(7-5-21)15-24(40)16-23-8-10-25(11-9-23)43-32(34,35)36/h4-11,14,17,19H,12-13,15-16,18H2,1-3H3,(H,37,42). The van der Waals surface area contributed by atoms with Crippen LogP contribution < -0.4 is 15.0 Å². The third-order valence-electron chi connectivity index (χ3n) is 6.81. The van der Waals surface area contributed by atoms with Gasteiger partial charge in [0.15, 0.2) is 5.17 Å². The van der Waals surface area contributed by atoms with Gasteiger partial charge in [0.25, 0.3) is 0 Å². The Morgan fingerprint density at radius 2 is 1.59 bits per heavy atom. The summed E-state index contributed by atoms with van der Waals surface area (Å²) in [5.41, 5.74) is 3.85. The molecule has 3 aromatic carbocycles. The molecule has 1 N–H and O–H groups in total. The van der Waals surface area contributed by atoms with E-state index in [9.17, 15) is 31.9 Å². The lowest BCUT2D eigenvalue weighted by molar-refractivity contribution is -0.274. The number of hydrogen-bond acceptors (Lipinski definition) is 5. The summed E-state index contributed by atoms with van der Waals surface area (Å²) in [7, 11) is 0. The van der Waals surface area contributed by atoms with Gasteiger partial charge in [0.1, 0.15) is 17.3 Å². The Labute approximate surface area is 256 Å². The van der Waals surface area contributed by atoms with Crippen molar-refractivity contribution in [1.82, 2.24) is 5.32 Å². The predicted octanol–water partition coefficient (Wildman–Crippen LogP) is 6.90. The van der Waals surface area contributed by atoms with E-state index in [-0.39, 0.29) is 59.5 Å². The first kappa shape index (κ1) is 32.7. The second kappa shape index (κ2) is 14.1. The summed E-state index contributed by atoms with van der Waals surface area (Å²) in [5, 5.41) is 2.97. The van der Waals surface area contributed by atoms with Gasteiger partial charge in [0.2, 0.25) is 5.91 Å². The minimum atomic E-state index is -4.77. The molecule has 1 aliphatic heterocycles. The van der Waals surface area contributed by atoms with Crippen molar-refractivity contribution in [2.45, 2.75) is 52.3 Å². The zero-order chi connectivity index (χ0) is 32.0. The summed E-state index contributed by atoms with van der Waals surface area (Å²) in [4.78, 5) is 43.3. The molecule has 232 valence electrons. The summed E-state index contributed by atoms with van der Waals surface area (Å²) < 4.78 is 55.0. The molecule has 1 fully saturated rings. The molecular formula is C32H31F4N3O4S. The van der Waals surface area contributed by atoms with Gasteiger partial charge in [0.05, 0.1) is 11.4 Å². The number of anilines is 1. The third kappa shape index (κ3) is 8.91. The van der Waals surface area contributed by atoms with E-state index in [0.29, 0.717) is 28.8 Å². The van der Waals surface area contributed by atoms with Gasteiger partial charge in [-0.25, -0.2) is 9.18 Å². The molecule has 0 aromatic heterocycles. The molecule has 44 heavy (non-hydrogen) atoms. The number of ketones is 1. The molecule has 1 saturated heterocycles. The van der Waals surface area contributed by atoms with Gasteiger partial charge in [-0.05, 0) is 71.3 Å². The monoisotopic (exact) mass is 629 g/mol. The first-order valence-electron chi connectivity index (χ1n) is 13.9. The van der Waals surface area contributed by atoms with Crippen LogP contribution in [0.2, 0.25) is 0 Å². The van der Waals surface area contributed by atoms with E-state index in [1.807, 2.05) is 38.1 Å². The van der Waals surface area contributed by atoms with Gasteiger partial charge < -0.3 is 10.1 Å². The highest BCUT2D eigenvalue weighted by molar-refractivity contribution is 8.15. The molecule has 1 heterocycles. The van der Waals surface area contributed by atoms with Gasteiger partial charge in [-0.2, -0.15) is 4.99 Å². The number of urea groups is 1. The van der Waals surface area contributed by atoms with Crippen LogP contribution in [0.25, 0.3) is 0 Å². The maximum Gasteiger partial charge on any atom is 0.573 e. The van der Waals surface area contributed by atoms with Crippen molar-refractivity contribution in [3.8, 4) is 5.75 Å². The van der Waals surface area contributed by atoms with Crippen LogP contribution in [0.5, 0.6) is 5.75 Å². The number of Topliss-reactive ketones (excluding diaryl/α,β-unsaturated/α-hetero) is 1. The smallest absolute Gasteiger partial charge is 0.406 e. The summed E-state index contributed by atoms with van der Waals surface area (Å²) >= 11 is 1.15. The first-order chi connectivity index (χ1) is 20.8. The number of carbonyl (C=O) groups is 3. The van der Waals surface area contributed by atoms with Gasteiger partial charge >= 0.3 is 12.4 Å². The minimum Gasteiger partial charge on any atom is -0.406 e. The van der Waals surface area contributed by atoms with Crippen LogP contribution in [0, 0.1) is 12.7 Å². The van der Waals surface area contributed by atoms with Crippen molar-refractivity contribution in [3.63, 3.8) is 0 Å². The number of nitrogens with zero attached hydrogens (tertiary/aromatic N) is 2. The fourth-order valence-electron chi connectivity index (χ4n) is 4.61. The highest BCUT2D eigenvalue weighted by atomic mass is 32.2. The lowest BCUT2D eigenvalue weighted by atomic mass is 9.98. The van der Waals surface area contributed by atoms with E-state index in [1.165, 1.54) is 35.2 Å². The number of carbonyl (C=O) groups excluding carboxylic acids is 3. The molecule has 0 radical (unpaired) electrons. The maximum atomic E-state index is 14.2. The number of rotatable bonds is 10. The zero-order valence-electron chi connectivity index (χ0n) is 24.3. The van der Waals surface area contributed by atoms with Crippen molar-refractivity contribution in [2.75, 3.05) is 17.2 Å². The van der Waals surface area contributed by atoms with Gasteiger partial charge in [-0.1, -0.05) is 62.0 Å². The van der Waals surface area contributed by atoms with Gasteiger partial charge in [0, 0.05) is 19.4 Å². The second-order valence-electron chi connectivity index (χ2n) is 10.6. The number of aryl methyl sites for hydroxylation is 1. The van der Waals surface area contributed by atoms with Crippen molar-refractivity contribution in [2.24, 2.45) is 4.99 Å². The quantitative estimate of drug-likeness (QED) is 0.247. The maximum absolute atomic E-state index is 14.2. The number of ether oxygens (including phenoxy) is 1. The Morgan fingerprint density at radius 3 is 2.18 bits per heavy atom. The number of aliphatic imine (C=N–C) groups is 1. The molecule has 0 saturated carbocycles. The van der Waals surface area contributed by atoms with E-state index in [1.54, 1.807) is 13.0 Å². The second-order valence-corrected chi connectivity index (χ2v) is 11.6. The summed E-state index contributed by atoms with van der Waals surface area (Å²) in [6, 6.07) is 14.9. The van der Waals surface area contributed by atoms with Crippen molar-refractivity contribution in [3.05, 3.63) is 94.3 Å². The number of halogens is 4. The number of benzene rings is 3. The number of thioether (sulfide) groups is 1. The van der Waals surface area contributed by atoms with Gasteiger partial charge in [-0.3, -0.25) is 14.5 Å². The molecule has 4 rings (SSSR count). The van der Waals surface area contributed by atoms with Crippen molar-refractivity contribution < 1.29 is 36.7 Å². The Balaban J connectivity index is 1.28. The molecule has 0 atom stereocenters. The normalized spacial score (nSPS) is 14.4. The number of amidine groups is 1. The van der Waals surface area contributed by atoms with Crippen LogP contribution >= 0.6 is 11.8 Å². The molecule has 0 bridgehead atoms. The van der Waals surface area contributed by atoms with E-state index in [2.05, 4.69) is 15.0 Å². The fraction of sp³-hybridized carbons (Fsp3) is 0.312. The molecule has 12 heteroatoms. The van der Waals surface area contributed by atoms with E-state index in [4.69, 9.17) is 0 Å². The molecule has 0 unspecified atom stereocenters. The third-order valence-corrected chi connectivity index (χ3v) is 7.73. The van der Waals surface area contributed by atoms with Crippen molar-refractivity contribution >= 4 is 40.3 Å². The Bertz CT molecular complexity index is 1560. The number of amides is 3. The number of hydrogen-bond donors (Lipinski definition) is 1. The SMILES string of the molecule is Cc1cc(N2C(=O)CSC2=NC(=O)NCCc2ccc(CC(=O)Cc3ccc(OC(F)(F)F)cc3)cc2)c(C(C)C)cc1F. The largest absolute Gasteiger partial charge is 0.573 e. The van der Waals surface area contributed by atoms with E-state index < -0.39 is 12.4 Å². The van der Waals surface area contributed by atoms with Crippen LogP contribution in [0.1, 0.15) is 47.6 Å². The van der Waals surface area contributed by atoms with E-state index in [0.717, 1.165) is 22.9 Å². The predicted molar refractivity (Wildman–Crippen MR) is 162 cm³/mol. The summed E-state index contributed by atoms with van der Waals surface area (Å²) in [6.45, 7) is 5.71. The Hall–Kier alpha value is -4.19. The van der Waals surface area contributed by atoms with Crippen LogP contribution in [-0.4, -0.2) is 41.5 Å². The summed E-state index contributed by atoms with van der Waals surface area (Å²) in [6.07, 6.45) is -4.04. The highest BCUT2D eigenvalue weighted by Crippen LogP contribution is 2.35. The molecule has 3 aromatic rings. The van der Waals surface area contributed by atoms with E-state index >= 15 is 0 Å². The van der Waals surface area contributed by atoms with Crippen molar-refractivity contribution in [1.29, 1.82) is 0 Å². The highest BCUT2D eigenvalue weighted by Gasteiger charge is 2.33. The van der Waals surface area contributed by atoms with Gasteiger partial charge in [-0.15, -0.1) is 13.2 Å². The fourth-order valence-corrected chi connectivity index (χ4v) is 5.47. The Morgan fingerprint density at radius 1 is 1.00 bits per heavy atom. The number of alkyl halides is 3. The molecule has 0 spiro atoms.